The van der Waals surface area contributed by atoms with E-state index in [1.165, 1.54) is 10.7 Å². The molecule has 1 aromatic heterocycles. The van der Waals surface area contributed by atoms with Crippen molar-refractivity contribution in [2.24, 2.45) is 7.05 Å². The van der Waals surface area contributed by atoms with Gasteiger partial charge in [0.2, 0.25) is 0 Å². The van der Waals surface area contributed by atoms with E-state index in [-0.39, 0.29) is 5.56 Å². The molecule has 0 radical (unpaired) electrons. The first-order chi connectivity index (χ1) is 8.47. The van der Waals surface area contributed by atoms with Gasteiger partial charge in [0.05, 0.1) is 5.69 Å². The number of carbonyl (C=O) groups is 1. The largest absolute Gasteiger partial charge is 0.307 e. The maximum absolute atomic E-state index is 13.0. The molecule has 0 aliphatic carbocycles. The molecule has 94 valence electrons. The predicted molar refractivity (Wildman–Crippen MR) is 62.3 cm³/mol. The first-order valence-electron chi connectivity index (χ1n) is 5.24. The zero-order chi connectivity index (χ0) is 13.3. The fraction of sp³-hybridized carbons (Fsp3) is 0.167. The van der Waals surface area contributed by atoms with Crippen molar-refractivity contribution < 1.29 is 13.6 Å². The van der Waals surface area contributed by atoms with Crippen LogP contribution >= 0.6 is 0 Å². The summed E-state index contributed by atoms with van der Waals surface area (Å²) in [5.74, 6) is -2.06. The SMILES string of the molecule is Cc1cc(NC(=O)c2ccc(F)c(F)c2)n(C)n1. The molecule has 0 saturated carbocycles. The number of aryl methyl sites for hydroxylation is 2. The molecule has 2 rings (SSSR count). The van der Waals surface area contributed by atoms with Crippen LogP contribution in [0.1, 0.15) is 16.1 Å². The van der Waals surface area contributed by atoms with E-state index in [0.717, 1.165) is 17.8 Å². The molecule has 0 fully saturated rings. The van der Waals surface area contributed by atoms with E-state index in [1.54, 1.807) is 20.0 Å². The molecule has 0 saturated heterocycles. The van der Waals surface area contributed by atoms with Gasteiger partial charge in [-0.15, -0.1) is 0 Å². The standard InChI is InChI=1S/C12H11F2N3O/c1-7-5-11(17(2)16-7)15-12(18)8-3-4-9(13)10(14)6-8/h3-6H,1-2H3,(H,15,18). The molecule has 0 aliphatic heterocycles. The molecule has 0 bridgehead atoms. The van der Waals surface area contributed by atoms with Crippen molar-refractivity contribution in [2.75, 3.05) is 5.32 Å². The third-order valence-electron chi connectivity index (χ3n) is 2.43. The quantitative estimate of drug-likeness (QED) is 0.889. The van der Waals surface area contributed by atoms with E-state index in [4.69, 9.17) is 0 Å². The normalized spacial score (nSPS) is 10.4. The highest BCUT2D eigenvalue weighted by Crippen LogP contribution is 2.12. The molecule has 0 unspecified atom stereocenters. The number of halogens is 2. The Hall–Kier alpha value is -2.24. The lowest BCUT2D eigenvalue weighted by atomic mass is 10.2. The Morgan fingerprint density at radius 3 is 2.56 bits per heavy atom. The summed E-state index contributed by atoms with van der Waals surface area (Å²) < 4.78 is 27.2. The number of hydrogen-bond acceptors (Lipinski definition) is 2. The number of aromatic nitrogens is 2. The fourth-order valence-corrected chi connectivity index (χ4v) is 1.55. The minimum absolute atomic E-state index is 0.0488. The van der Waals surface area contributed by atoms with Gasteiger partial charge in [0.15, 0.2) is 11.6 Å². The number of hydrogen-bond donors (Lipinski definition) is 1. The monoisotopic (exact) mass is 251 g/mol. The number of amides is 1. The second-order valence-corrected chi connectivity index (χ2v) is 3.88. The lowest BCUT2D eigenvalue weighted by Crippen LogP contribution is -2.14. The van der Waals surface area contributed by atoms with Crippen LogP contribution in [0.5, 0.6) is 0 Å². The van der Waals surface area contributed by atoms with E-state index in [9.17, 15) is 13.6 Å². The Bertz CT molecular complexity index is 607. The summed E-state index contributed by atoms with van der Waals surface area (Å²) >= 11 is 0. The Morgan fingerprint density at radius 1 is 1.28 bits per heavy atom. The number of nitrogens with one attached hydrogen (secondary N) is 1. The van der Waals surface area contributed by atoms with Crippen LogP contribution in [0.25, 0.3) is 0 Å². The van der Waals surface area contributed by atoms with Gasteiger partial charge in [-0.2, -0.15) is 5.10 Å². The Morgan fingerprint density at radius 2 is 2.00 bits per heavy atom. The molecule has 1 amide bonds. The number of anilines is 1. The van der Waals surface area contributed by atoms with Crippen molar-refractivity contribution in [2.45, 2.75) is 6.92 Å². The first-order valence-corrected chi connectivity index (χ1v) is 5.24. The number of carbonyl (C=O) groups excluding carboxylic acids is 1. The van der Waals surface area contributed by atoms with Gasteiger partial charge < -0.3 is 5.32 Å². The van der Waals surface area contributed by atoms with Crippen LogP contribution in [0, 0.1) is 18.6 Å². The highest BCUT2D eigenvalue weighted by Gasteiger charge is 2.11. The molecule has 1 N–H and O–H groups in total. The maximum Gasteiger partial charge on any atom is 0.256 e. The van der Waals surface area contributed by atoms with Crippen LogP contribution in [0.4, 0.5) is 14.6 Å². The van der Waals surface area contributed by atoms with Crippen molar-refractivity contribution in [3.63, 3.8) is 0 Å². The average molecular weight is 251 g/mol. The second kappa shape index (κ2) is 4.56. The van der Waals surface area contributed by atoms with E-state index in [2.05, 4.69) is 10.4 Å². The van der Waals surface area contributed by atoms with E-state index >= 15 is 0 Å². The van der Waals surface area contributed by atoms with Crippen molar-refractivity contribution in [3.8, 4) is 0 Å². The van der Waals surface area contributed by atoms with Crippen LogP contribution in [0.15, 0.2) is 24.3 Å². The lowest BCUT2D eigenvalue weighted by molar-refractivity contribution is 0.102. The fourth-order valence-electron chi connectivity index (χ4n) is 1.55. The Labute approximate surface area is 102 Å². The van der Waals surface area contributed by atoms with Gasteiger partial charge in [-0.3, -0.25) is 9.48 Å². The van der Waals surface area contributed by atoms with Crippen LogP contribution < -0.4 is 5.32 Å². The van der Waals surface area contributed by atoms with Gasteiger partial charge in [0.25, 0.3) is 5.91 Å². The Kier molecular flexibility index (Phi) is 3.10. The number of nitrogens with zero attached hydrogens (tertiary/aromatic N) is 2. The van der Waals surface area contributed by atoms with Crippen LogP contribution in [0.2, 0.25) is 0 Å². The lowest BCUT2D eigenvalue weighted by Gasteiger charge is -2.05. The van der Waals surface area contributed by atoms with E-state index in [0.29, 0.717) is 5.82 Å². The molecular weight excluding hydrogens is 240 g/mol. The summed E-state index contributed by atoms with van der Waals surface area (Å²) in [6.45, 7) is 1.78. The zero-order valence-corrected chi connectivity index (χ0v) is 9.87. The van der Waals surface area contributed by atoms with Gasteiger partial charge in [0.1, 0.15) is 5.82 Å². The topological polar surface area (TPSA) is 46.9 Å². The first kappa shape index (κ1) is 12.2. The molecule has 0 atom stereocenters. The van der Waals surface area contributed by atoms with Crippen LogP contribution in [-0.4, -0.2) is 15.7 Å². The summed E-state index contributed by atoms with van der Waals surface area (Å²) in [5, 5.41) is 6.62. The number of benzene rings is 1. The molecule has 6 heteroatoms. The summed E-state index contributed by atoms with van der Waals surface area (Å²) in [6.07, 6.45) is 0. The molecule has 0 aliphatic rings. The van der Waals surface area contributed by atoms with Crippen molar-refractivity contribution in [3.05, 3.63) is 47.2 Å². The van der Waals surface area contributed by atoms with Crippen molar-refractivity contribution in [1.82, 2.24) is 9.78 Å². The van der Waals surface area contributed by atoms with Crippen LogP contribution in [0.3, 0.4) is 0 Å². The second-order valence-electron chi connectivity index (χ2n) is 3.88. The molecular formula is C12H11F2N3O. The summed E-state index contributed by atoms with van der Waals surface area (Å²) in [7, 11) is 1.67. The van der Waals surface area contributed by atoms with Gasteiger partial charge in [-0.25, -0.2) is 8.78 Å². The van der Waals surface area contributed by atoms with Gasteiger partial charge in [0, 0.05) is 18.7 Å². The molecule has 18 heavy (non-hydrogen) atoms. The highest BCUT2D eigenvalue weighted by atomic mass is 19.2. The third kappa shape index (κ3) is 2.37. The molecule has 1 aromatic carbocycles. The van der Waals surface area contributed by atoms with Gasteiger partial charge >= 0.3 is 0 Å². The number of rotatable bonds is 2. The Balaban J connectivity index is 2.22. The third-order valence-corrected chi connectivity index (χ3v) is 2.43. The van der Waals surface area contributed by atoms with E-state index in [1.807, 2.05) is 0 Å². The minimum atomic E-state index is -1.05. The maximum atomic E-state index is 13.0. The van der Waals surface area contributed by atoms with Crippen LogP contribution in [-0.2, 0) is 7.05 Å². The molecule has 4 nitrogen and oxygen atoms in total. The molecule has 0 spiro atoms. The smallest absolute Gasteiger partial charge is 0.256 e. The molecule has 2 aromatic rings. The minimum Gasteiger partial charge on any atom is -0.307 e. The summed E-state index contributed by atoms with van der Waals surface area (Å²) in [4.78, 5) is 11.8. The summed E-state index contributed by atoms with van der Waals surface area (Å²) in [6, 6.07) is 4.67. The summed E-state index contributed by atoms with van der Waals surface area (Å²) in [5.41, 5.74) is 0.797. The van der Waals surface area contributed by atoms with Crippen molar-refractivity contribution in [1.29, 1.82) is 0 Å². The van der Waals surface area contributed by atoms with E-state index < -0.39 is 17.5 Å². The van der Waals surface area contributed by atoms with Gasteiger partial charge in [-0.1, -0.05) is 0 Å². The zero-order valence-electron chi connectivity index (χ0n) is 9.87. The van der Waals surface area contributed by atoms with Crippen molar-refractivity contribution >= 4 is 11.7 Å². The highest BCUT2D eigenvalue weighted by molar-refractivity contribution is 6.03. The molecule has 1 heterocycles. The average Bonchev–Trinajstić information content (AvgIpc) is 2.61. The van der Waals surface area contributed by atoms with Gasteiger partial charge in [-0.05, 0) is 25.1 Å². The predicted octanol–water partition coefficient (Wildman–Crippen LogP) is 2.26.